The SMILES string of the molecule is CCCC(N)CC(C)(C)CCCN. The van der Waals surface area contributed by atoms with Crippen LogP contribution in [0, 0.1) is 5.41 Å². The van der Waals surface area contributed by atoms with Crippen molar-refractivity contribution in [2.45, 2.75) is 58.9 Å². The molecule has 0 fully saturated rings. The molecule has 0 aromatic rings. The molecule has 0 rings (SSSR count). The van der Waals surface area contributed by atoms with Gasteiger partial charge in [0.25, 0.3) is 0 Å². The largest absolute Gasteiger partial charge is 0.330 e. The summed E-state index contributed by atoms with van der Waals surface area (Å²) in [6.45, 7) is 7.57. The Morgan fingerprint density at radius 3 is 2.38 bits per heavy atom. The van der Waals surface area contributed by atoms with Crippen LogP contribution in [0.2, 0.25) is 0 Å². The molecule has 0 amide bonds. The number of hydrogen-bond donors (Lipinski definition) is 2. The molecule has 0 saturated carbocycles. The van der Waals surface area contributed by atoms with E-state index in [0.29, 0.717) is 11.5 Å². The first-order valence-corrected chi connectivity index (χ1v) is 5.47. The molecule has 13 heavy (non-hydrogen) atoms. The number of hydrogen-bond acceptors (Lipinski definition) is 2. The highest BCUT2D eigenvalue weighted by Crippen LogP contribution is 2.28. The minimum atomic E-state index is 0.369. The van der Waals surface area contributed by atoms with Gasteiger partial charge in [0.05, 0.1) is 0 Å². The lowest BCUT2D eigenvalue weighted by atomic mass is 9.81. The zero-order valence-corrected chi connectivity index (χ0v) is 9.47. The minimum absolute atomic E-state index is 0.369. The standard InChI is InChI=1S/C11H26N2/c1-4-6-10(13)9-11(2,3)7-5-8-12/h10H,4-9,12-13H2,1-3H3. The molecule has 1 unspecified atom stereocenters. The molecule has 0 radical (unpaired) electrons. The van der Waals surface area contributed by atoms with Gasteiger partial charge < -0.3 is 11.5 Å². The second kappa shape index (κ2) is 6.39. The Morgan fingerprint density at radius 1 is 1.31 bits per heavy atom. The summed E-state index contributed by atoms with van der Waals surface area (Å²) < 4.78 is 0. The van der Waals surface area contributed by atoms with E-state index in [4.69, 9.17) is 11.5 Å². The average molecular weight is 186 g/mol. The predicted octanol–water partition coefficient (Wildman–Crippen LogP) is 2.27. The maximum Gasteiger partial charge on any atom is 0.00438 e. The summed E-state index contributed by atoms with van der Waals surface area (Å²) >= 11 is 0. The van der Waals surface area contributed by atoms with E-state index < -0.39 is 0 Å². The van der Waals surface area contributed by atoms with E-state index in [2.05, 4.69) is 20.8 Å². The third kappa shape index (κ3) is 7.03. The van der Waals surface area contributed by atoms with E-state index in [0.717, 1.165) is 25.8 Å². The summed E-state index contributed by atoms with van der Waals surface area (Å²) in [5.41, 5.74) is 11.9. The second-order valence-electron chi connectivity index (χ2n) is 4.81. The second-order valence-corrected chi connectivity index (χ2v) is 4.81. The molecule has 2 heteroatoms. The van der Waals surface area contributed by atoms with Gasteiger partial charge in [0, 0.05) is 6.04 Å². The van der Waals surface area contributed by atoms with Crippen LogP contribution in [0.5, 0.6) is 0 Å². The molecule has 1 atom stereocenters. The molecule has 0 saturated heterocycles. The topological polar surface area (TPSA) is 52.0 Å². The van der Waals surface area contributed by atoms with Gasteiger partial charge in [0.1, 0.15) is 0 Å². The van der Waals surface area contributed by atoms with Gasteiger partial charge in [-0.1, -0.05) is 27.2 Å². The summed E-state index contributed by atoms with van der Waals surface area (Å²) in [6, 6.07) is 0.373. The van der Waals surface area contributed by atoms with Gasteiger partial charge in [-0.15, -0.1) is 0 Å². The van der Waals surface area contributed by atoms with Crippen LogP contribution in [0.4, 0.5) is 0 Å². The van der Waals surface area contributed by atoms with E-state index in [9.17, 15) is 0 Å². The molecular formula is C11H26N2. The van der Waals surface area contributed by atoms with E-state index in [-0.39, 0.29) is 0 Å². The molecule has 0 aliphatic carbocycles. The zero-order chi connectivity index (χ0) is 10.3. The normalized spacial score (nSPS) is 14.5. The van der Waals surface area contributed by atoms with Crippen LogP contribution in [0.15, 0.2) is 0 Å². The van der Waals surface area contributed by atoms with Crippen LogP contribution in [0.3, 0.4) is 0 Å². The number of nitrogens with two attached hydrogens (primary N) is 2. The van der Waals surface area contributed by atoms with Gasteiger partial charge in [-0.25, -0.2) is 0 Å². The highest BCUT2D eigenvalue weighted by Gasteiger charge is 2.20. The van der Waals surface area contributed by atoms with Gasteiger partial charge in [-0.2, -0.15) is 0 Å². The van der Waals surface area contributed by atoms with Crippen molar-refractivity contribution < 1.29 is 0 Å². The molecule has 80 valence electrons. The van der Waals surface area contributed by atoms with Crippen molar-refractivity contribution in [3.63, 3.8) is 0 Å². The Kier molecular flexibility index (Phi) is 6.35. The Hall–Kier alpha value is -0.0800. The van der Waals surface area contributed by atoms with E-state index in [1.807, 2.05) is 0 Å². The van der Waals surface area contributed by atoms with Crippen LogP contribution >= 0.6 is 0 Å². The van der Waals surface area contributed by atoms with Crippen LogP contribution in [0.1, 0.15) is 52.9 Å². The van der Waals surface area contributed by atoms with Crippen molar-refractivity contribution in [3.8, 4) is 0 Å². The lowest BCUT2D eigenvalue weighted by Crippen LogP contribution is -2.28. The summed E-state index contributed by atoms with van der Waals surface area (Å²) in [6.07, 6.45) is 5.77. The lowest BCUT2D eigenvalue weighted by Gasteiger charge is -2.27. The van der Waals surface area contributed by atoms with Crippen LogP contribution in [-0.2, 0) is 0 Å². The third-order valence-corrected chi connectivity index (χ3v) is 2.53. The first kappa shape index (κ1) is 12.9. The van der Waals surface area contributed by atoms with Gasteiger partial charge >= 0.3 is 0 Å². The van der Waals surface area contributed by atoms with Crippen molar-refractivity contribution in [1.29, 1.82) is 0 Å². The minimum Gasteiger partial charge on any atom is -0.330 e. The van der Waals surface area contributed by atoms with Crippen LogP contribution in [0.25, 0.3) is 0 Å². The Morgan fingerprint density at radius 2 is 1.92 bits per heavy atom. The summed E-state index contributed by atoms with van der Waals surface area (Å²) in [7, 11) is 0. The quantitative estimate of drug-likeness (QED) is 0.641. The highest BCUT2D eigenvalue weighted by atomic mass is 14.6. The summed E-state index contributed by atoms with van der Waals surface area (Å²) in [5, 5.41) is 0. The van der Waals surface area contributed by atoms with Gasteiger partial charge in [0.15, 0.2) is 0 Å². The molecule has 0 aromatic heterocycles. The van der Waals surface area contributed by atoms with Crippen molar-refractivity contribution in [3.05, 3.63) is 0 Å². The molecule has 2 nitrogen and oxygen atoms in total. The molecule has 0 aliphatic heterocycles. The molecule has 0 heterocycles. The molecule has 0 aliphatic rings. The molecule has 0 bridgehead atoms. The van der Waals surface area contributed by atoms with E-state index in [1.165, 1.54) is 12.8 Å². The first-order valence-electron chi connectivity index (χ1n) is 5.47. The fourth-order valence-electron chi connectivity index (χ4n) is 1.87. The fraction of sp³-hybridized carbons (Fsp3) is 1.00. The monoisotopic (exact) mass is 186 g/mol. The van der Waals surface area contributed by atoms with Gasteiger partial charge in [0.2, 0.25) is 0 Å². The van der Waals surface area contributed by atoms with E-state index in [1.54, 1.807) is 0 Å². The summed E-state index contributed by atoms with van der Waals surface area (Å²) in [4.78, 5) is 0. The Labute approximate surface area is 83.1 Å². The van der Waals surface area contributed by atoms with Crippen molar-refractivity contribution in [2.75, 3.05) is 6.54 Å². The lowest BCUT2D eigenvalue weighted by molar-refractivity contribution is 0.270. The van der Waals surface area contributed by atoms with Crippen molar-refractivity contribution in [1.82, 2.24) is 0 Å². The van der Waals surface area contributed by atoms with Gasteiger partial charge in [-0.3, -0.25) is 0 Å². The summed E-state index contributed by atoms with van der Waals surface area (Å²) in [5.74, 6) is 0. The molecule has 0 spiro atoms. The van der Waals surface area contributed by atoms with Crippen LogP contribution < -0.4 is 11.5 Å². The maximum absolute atomic E-state index is 6.01. The average Bonchev–Trinajstić information content (AvgIpc) is 2.00. The highest BCUT2D eigenvalue weighted by molar-refractivity contribution is 4.75. The van der Waals surface area contributed by atoms with Crippen molar-refractivity contribution >= 4 is 0 Å². The maximum atomic E-state index is 6.01. The first-order chi connectivity index (χ1) is 6.02. The van der Waals surface area contributed by atoms with E-state index >= 15 is 0 Å². The molecule has 4 N–H and O–H groups in total. The predicted molar refractivity (Wildman–Crippen MR) is 59.6 cm³/mol. The Bertz CT molecular complexity index is 121. The molecule has 0 aromatic carbocycles. The Balaban J connectivity index is 3.71. The van der Waals surface area contributed by atoms with Gasteiger partial charge in [-0.05, 0) is 37.6 Å². The smallest absolute Gasteiger partial charge is 0.00438 e. The third-order valence-electron chi connectivity index (χ3n) is 2.53. The van der Waals surface area contributed by atoms with Crippen LogP contribution in [-0.4, -0.2) is 12.6 Å². The molecular weight excluding hydrogens is 160 g/mol. The zero-order valence-electron chi connectivity index (χ0n) is 9.47. The van der Waals surface area contributed by atoms with Crippen molar-refractivity contribution in [2.24, 2.45) is 16.9 Å². The number of rotatable bonds is 7. The fourth-order valence-corrected chi connectivity index (χ4v) is 1.87.